The maximum atomic E-state index is 12.3. The van der Waals surface area contributed by atoms with Crippen LogP contribution in [0.4, 0.5) is 0 Å². The van der Waals surface area contributed by atoms with E-state index in [9.17, 15) is 24.7 Å². The number of carboxylic acids is 1. The summed E-state index contributed by atoms with van der Waals surface area (Å²) in [6.07, 6.45) is 2.49. The van der Waals surface area contributed by atoms with Crippen LogP contribution in [0.2, 0.25) is 6.32 Å². The molecule has 2 fully saturated rings. The van der Waals surface area contributed by atoms with Crippen molar-refractivity contribution >= 4 is 18.6 Å². The predicted molar refractivity (Wildman–Crippen MR) is 103 cm³/mol. The second-order valence-corrected chi connectivity index (χ2v) is 7.77. The van der Waals surface area contributed by atoms with Gasteiger partial charge in [-0.25, -0.2) is 0 Å². The minimum atomic E-state index is -3.10. The van der Waals surface area contributed by atoms with E-state index in [0.29, 0.717) is 25.1 Å². The first-order chi connectivity index (χ1) is 13.3. The van der Waals surface area contributed by atoms with Gasteiger partial charge < -0.3 is 39.6 Å². The van der Waals surface area contributed by atoms with Crippen molar-refractivity contribution in [2.45, 2.75) is 51.6 Å². The van der Waals surface area contributed by atoms with Crippen LogP contribution in [0.3, 0.4) is 0 Å². The number of rotatable bonds is 5. The molecular weight excluding hydrogens is 379 g/mol. The number of aromatic carboxylic acids is 1. The van der Waals surface area contributed by atoms with Crippen LogP contribution < -0.4 is 19.8 Å². The number of nitrogens with zero attached hydrogens (tertiary/aromatic N) is 1. The molecule has 0 saturated carbocycles. The van der Waals surface area contributed by atoms with Crippen molar-refractivity contribution in [1.82, 2.24) is 10.2 Å². The Morgan fingerprint density at radius 1 is 1.34 bits per heavy atom. The van der Waals surface area contributed by atoms with Gasteiger partial charge in [0.25, 0.3) is 0 Å². The normalized spacial score (nSPS) is 22.7. The summed E-state index contributed by atoms with van der Waals surface area (Å²) in [5.41, 5.74) is 0.230. The third kappa shape index (κ3) is 4.49. The Labute approximate surface area is 169 Å². The summed E-state index contributed by atoms with van der Waals surface area (Å²) in [7, 11) is 0. The monoisotopic (exact) mass is 406 g/mol. The fourth-order valence-electron chi connectivity index (χ4n) is 3.99. The van der Waals surface area contributed by atoms with Crippen molar-refractivity contribution in [3.8, 4) is 11.5 Å². The van der Waals surface area contributed by atoms with Gasteiger partial charge in [-0.1, -0.05) is 19.8 Å². The highest BCUT2D eigenvalue weighted by Gasteiger charge is 2.35. The first-order valence-electron chi connectivity index (χ1n) is 9.67. The standard InChI is InChI=1S/C18H24BN2O7.CH4/c22-15(8-12-2-1-7-20-12)21-9-13(10-21)27-14-4-3-11-5-6-19(25,26)28-17(11)16(14)18(23)24;/h3-4,12-13,20,25-26H,1-2,5-10H2,(H,23,24);1H4/q-1;/p-1/t12-;/m1./s1. The number of likely N-dealkylation sites (tertiary alicyclic amines) is 1. The lowest BCUT2D eigenvalue weighted by Gasteiger charge is -2.41. The van der Waals surface area contributed by atoms with Crippen molar-refractivity contribution < 1.29 is 34.1 Å². The van der Waals surface area contributed by atoms with E-state index in [1.807, 2.05) is 0 Å². The van der Waals surface area contributed by atoms with E-state index in [2.05, 4.69) is 5.32 Å². The lowest BCUT2D eigenvalue weighted by atomic mass is 9.70. The van der Waals surface area contributed by atoms with Gasteiger partial charge in [-0.2, -0.15) is 0 Å². The molecule has 0 radical (unpaired) electrons. The number of amides is 1. The Hall–Kier alpha value is -2.30. The van der Waals surface area contributed by atoms with Crippen molar-refractivity contribution in [1.29, 1.82) is 0 Å². The summed E-state index contributed by atoms with van der Waals surface area (Å²) in [5.74, 6) is -1.53. The number of benzene rings is 1. The summed E-state index contributed by atoms with van der Waals surface area (Å²) < 4.78 is 10.9. The van der Waals surface area contributed by atoms with E-state index in [1.165, 1.54) is 6.07 Å². The van der Waals surface area contributed by atoms with Gasteiger partial charge in [-0.05, 0) is 37.4 Å². The number of ether oxygens (including phenoxy) is 1. The zero-order valence-electron chi connectivity index (χ0n) is 15.4. The molecular formula is C19H27BN2O7-2. The molecule has 1 atom stereocenters. The summed E-state index contributed by atoms with van der Waals surface area (Å²) in [6, 6.07) is 3.40. The van der Waals surface area contributed by atoms with Crippen LogP contribution in [0.5, 0.6) is 11.5 Å². The molecule has 3 heterocycles. The van der Waals surface area contributed by atoms with E-state index in [1.54, 1.807) is 11.0 Å². The van der Waals surface area contributed by atoms with Crippen LogP contribution in [0.1, 0.15) is 42.6 Å². The van der Waals surface area contributed by atoms with Gasteiger partial charge in [-0.3, -0.25) is 4.79 Å². The second-order valence-electron chi connectivity index (χ2n) is 7.77. The summed E-state index contributed by atoms with van der Waals surface area (Å²) >= 11 is 0. The fourth-order valence-corrected chi connectivity index (χ4v) is 3.99. The maximum absolute atomic E-state index is 12.3. The summed E-state index contributed by atoms with van der Waals surface area (Å²) in [6.45, 7) is -1.40. The van der Waals surface area contributed by atoms with Gasteiger partial charge in [0.1, 0.15) is 11.9 Å². The van der Waals surface area contributed by atoms with E-state index in [-0.39, 0.29) is 55.3 Å². The average molecular weight is 406 g/mol. The van der Waals surface area contributed by atoms with Crippen LogP contribution >= 0.6 is 0 Å². The Morgan fingerprint density at radius 2 is 2.10 bits per heavy atom. The van der Waals surface area contributed by atoms with Gasteiger partial charge >= 0.3 is 6.75 Å². The molecule has 0 bridgehead atoms. The van der Waals surface area contributed by atoms with E-state index in [4.69, 9.17) is 9.39 Å². The number of nitrogens with one attached hydrogen (secondary N) is 1. The first kappa shape index (κ1) is 21.4. The highest BCUT2D eigenvalue weighted by atomic mass is 16.6. The lowest BCUT2D eigenvalue weighted by molar-refractivity contribution is -0.255. The number of hydrogen-bond donors (Lipinski definition) is 3. The average Bonchev–Trinajstić information content (AvgIpc) is 3.08. The SMILES string of the molecule is C.O=C([O-])c1c(OC2CN(C(=O)C[C@H]3CCCN3)C2)ccc2c1O[B-](O)(O)CC2. The Kier molecular flexibility index (Phi) is 6.07. The minimum Gasteiger partial charge on any atom is -0.669 e. The number of carbonyl (C=O) groups is 2. The fraction of sp³-hybridized carbons (Fsp3) is 0.579. The van der Waals surface area contributed by atoms with Gasteiger partial charge in [-0.15, -0.1) is 0 Å². The predicted octanol–water partition coefficient (Wildman–Crippen LogP) is -0.724. The Balaban J connectivity index is 0.00000240. The quantitative estimate of drug-likeness (QED) is 0.546. The largest absolute Gasteiger partial charge is 0.669 e. The molecule has 29 heavy (non-hydrogen) atoms. The zero-order valence-corrected chi connectivity index (χ0v) is 15.4. The van der Waals surface area contributed by atoms with Gasteiger partial charge in [0.15, 0.2) is 0 Å². The molecule has 3 N–H and O–H groups in total. The minimum absolute atomic E-state index is 0. The molecule has 2 saturated heterocycles. The molecule has 1 amide bonds. The molecule has 10 heteroatoms. The van der Waals surface area contributed by atoms with Gasteiger partial charge in [0.2, 0.25) is 5.91 Å². The third-order valence-corrected chi connectivity index (χ3v) is 5.58. The Bertz CT molecular complexity index is 789. The maximum Gasteiger partial charge on any atom is 0.430 e. The molecule has 3 aliphatic rings. The van der Waals surface area contributed by atoms with Crippen molar-refractivity contribution in [2.75, 3.05) is 19.6 Å². The van der Waals surface area contributed by atoms with Crippen molar-refractivity contribution in [3.05, 3.63) is 23.3 Å². The van der Waals surface area contributed by atoms with Crippen molar-refractivity contribution in [3.63, 3.8) is 0 Å². The molecule has 0 aromatic heterocycles. The van der Waals surface area contributed by atoms with Gasteiger partial charge in [0.05, 0.1) is 30.4 Å². The molecule has 3 aliphatic heterocycles. The number of carbonyl (C=O) groups excluding carboxylic acids is 2. The van der Waals surface area contributed by atoms with Crippen LogP contribution in [0.25, 0.3) is 0 Å². The van der Waals surface area contributed by atoms with Crippen LogP contribution in [-0.4, -0.2) is 65.4 Å². The first-order valence-corrected chi connectivity index (χ1v) is 9.67. The number of carboxylic acid groups (broad SMARTS) is 1. The van der Waals surface area contributed by atoms with Crippen LogP contribution in [-0.2, 0) is 11.2 Å². The molecule has 0 unspecified atom stereocenters. The second kappa shape index (κ2) is 8.21. The molecule has 0 spiro atoms. The third-order valence-electron chi connectivity index (χ3n) is 5.58. The molecule has 1 aromatic rings. The van der Waals surface area contributed by atoms with E-state index >= 15 is 0 Å². The molecule has 1 aromatic carbocycles. The summed E-state index contributed by atoms with van der Waals surface area (Å²) in [4.78, 5) is 25.6. The lowest BCUT2D eigenvalue weighted by Crippen LogP contribution is -2.57. The molecule has 4 rings (SSSR count). The zero-order chi connectivity index (χ0) is 19.9. The molecule has 160 valence electrons. The van der Waals surface area contributed by atoms with Crippen LogP contribution in [0.15, 0.2) is 12.1 Å². The van der Waals surface area contributed by atoms with E-state index < -0.39 is 12.7 Å². The number of hydrogen-bond acceptors (Lipinski definition) is 8. The highest BCUT2D eigenvalue weighted by Crippen LogP contribution is 2.38. The number of aryl methyl sites for hydroxylation is 1. The summed E-state index contributed by atoms with van der Waals surface area (Å²) in [5, 5.41) is 34.5. The highest BCUT2D eigenvalue weighted by molar-refractivity contribution is 6.59. The molecule has 9 nitrogen and oxygen atoms in total. The van der Waals surface area contributed by atoms with E-state index in [0.717, 1.165) is 19.4 Å². The molecule has 0 aliphatic carbocycles. The topological polar surface area (TPSA) is 131 Å². The van der Waals surface area contributed by atoms with Crippen molar-refractivity contribution in [2.24, 2.45) is 0 Å². The smallest absolute Gasteiger partial charge is 0.430 e. The van der Waals surface area contributed by atoms with Gasteiger partial charge in [0, 0.05) is 12.5 Å². The van der Waals surface area contributed by atoms with Crippen LogP contribution in [0, 0.1) is 0 Å². The number of fused-ring (bicyclic) bond motifs is 1. The Morgan fingerprint density at radius 3 is 2.76 bits per heavy atom.